The van der Waals surface area contributed by atoms with Gasteiger partial charge in [-0.3, -0.25) is 4.79 Å². The summed E-state index contributed by atoms with van der Waals surface area (Å²) in [6.45, 7) is 3.53. The zero-order valence-electron chi connectivity index (χ0n) is 10.8. The van der Waals surface area contributed by atoms with Gasteiger partial charge in [-0.1, -0.05) is 28.8 Å². The molecule has 0 unspecified atom stereocenters. The van der Waals surface area contributed by atoms with Crippen molar-refractivity contribution in [1.29, 1.82) is 0 Å². The molecule has 1 saturated carbocycles. The third-order valence-electron chi connectivity index (χ3n) is 3.60. The van der Waals surface area contributed by atoms with Crippen LogP contribution in [0.5, 0.6) is 0 Å². The van der Waals surface area contributed by atoms with Gasteiger partial charge in [-0.25, -0.2) is 4.98 Å². The van der Waals surface area contributed by atoms with Crippen molar-refractivity contribution < 1.29 is 0 Å². The van der Waals surface area contributed by atoms with Crippen molar-refractivity contribution in [3.05, 3.63) is 22.7 Å². The Morgan fingerprint density at radius 1 is 1.50 bits per heavy atom. The highest BCUT2D eigenvalue weighted by Gasteiger charge is 2.25. The van der Waals surface area contributed by atoms with Crippen LogP contribution >= 0.6 is 15.9 Å². The predicted molar refractivity (Wildman–Crippen MR) is 77.6 cm³/mol. The molecule has 0 amide bonds. The molecule has 1 aliphatic rings. The standard InChI is InChI=1S/C13H20BrN3O/c1-2-16-10-8-15-12(13(16)18)17(9-7-14)11-5-3-4-6-11/h8,10-11H,2-7,9H2,1H3. The van der Waals surface area contributed by atoms with Gasteiger partial charge in [0.2, 0.25) is 0 Å². The molecule has 100 valence electrons. The minimum Gasteiger partial charge on any atom is -0.348 e. The SMILES string of the molecule is CCn1ccnc(N(CCBr)C2CCCC2)c1=O. The van der Waals surface area contributed by atoms with Gasteiger partial charge in [0.05, 0.1) is 0 Å². The van der Waals surface area contributed by atoms with E-state index in [0.717, 1.165) is 11.9 Å². The summed E-state index contributed by atoms with van der Waals surface area (Å²) >= 11 is 3.48. The fourth-order valence-electron chi connectivity index (χ4n) is 2.65. The van der Waals surface area contributed by atoms with Gasteiger partial charge in [0.25, 0.3) is 5.56 Å². The number of hydrogen-bond donors (Lipinski definition) is 0. The van der Waals surface area contributed by atoms with Crippen molar-refractivity contribution in [2.45, 2.75) is 45.2 Å². The normalized spacial score (nSPS) is 16.1. The average Bonchev–Trinajstić information content (AvgIpc) is 2.90. The van der Waals surface area contributed by atoms with Crippen LogP contribution in [0, 0.1) is 0 Å². The van der Waals surface area contributed by atoms with E-state index in [-0.39, 0.29) is 5.56 Å². The molecule has 0 bridgehead atoms. The minimum atomic E-state index is 0.0350. The Morgan fingerprint density at radius 3 is 2.83 bits per heavy atom. The number of aromatic nitrogens is 2. The van der Waals surface area contributed by atoms with E-state index >= 15 is 0 Å². The highest BCUT2D eigenvalue weighted by atomic mass is 79.9. The molecule has 0 spiro atoms. The molecule has 1 aromatic rings. The Hall–Kier alpha value is -0.840. The third kappa shape index (κ3) is 2.76. The Labute approximate surface area is 116 Å². The first-order valence-electron chi connectivity index (χ1n) is 6.66. The van der Waals surface area contributed by atoms with Crippen LogP contribution in [0.1, 0.15) is 32.6 Å². The lowest BCUT2D eigenvalue weighted by Gasteiger charge is -2.29. The number of halogens is 1. The average molecular weight is 314 g/mol. The second kappa shape index (κ2) is 6.36. The van der Waals surface area contributed by atoms with Crippen molar-refractivity contribution in [3.63, 3.8) is 0 Å². The van der Waals surface area contributed by atoms with E-state index in [1.807, 2.05) is 6.92 Å². The Bertz CT molecular complexity index is 440. The minimum absolute atomic E-state index is 0.0350. The number of alkyl halides is 1. The molecule has 1 aromatic heterocycles. The van der Waals surface area contributed by atoms with E-state index in [1.165, 1.54) is 25.7 Å². The maximum Gasteiger partial charge on any atom is 0.293 e. The molecule has 0 saturated heterocycles. The van der Waals surface area contributed by atoms with Crippen molar-refractivity contribution in [2.75, 3.05) is 16.8 Å². The van der Waals surface area contributed by atoms with E-state index in [0.29, 0.717) is 18.4 Å². The number of nitrogens with zero attached hydrogens (tertiary/aromatic N) is 3. The topological polar surface area (TPSA) is 38.1 Å². The summed E-state index contributed by atoms with van der Waals surface area (Å²) in [4.78, 5) is 18.8. The molecule has 0 N–H and O–H groups in total. The molecule has 1 heterocycles. The molecule has 0 radical (unpaired) electrons. The van der Waals surface area contributed by atoms with Gasteiger partial charge >= 0.3 is 0 Å². The van der Waals surface area contributed by atoms with Crippen LogP contribution in [-0.2, 0) is 6.54 Å². The fraction of sp³-hybridized carbons (Fsp3) is 0.692. The summed E-state index contributed by atoms with van der Waals surface area (Å²) in [7, 11) is 0. The van der Waals surface area contributed by atoms with Crippen LogP contribution in [0.2, 0.25) is 0 Å². The molecule has 1 aliphatic carbocycles. The first kappa shape index (κ1) is 13.6. The zero-order valence-corrected chi connectivity index (χ0v) is 12.4. The van der Waals surface area contributed by atoms with Gasteiger partial charge in [0.1, 0.15) is 0 Å². The molecule has 0 atom stereocenters. The molecular weight excluding hydrogens is 294 g/mol. The van der Waals surface area contributed by atoms with Crippen molar-refractivity contribution in [3.8, 4) is 0 Å². The number of hydrogen-bond acceptors (Lipinski definition) is 3. The smallest absolute Gasteiger partial charge is 0.293 e. The lowest BCUT2D eigenvalue weighted by atomic mass is 10.2. The Kier molecular flexibility index (Phi) is 4.80. The largest absolute Gasteiger partial charge is 0.348 e. The molecule has 18 heavy (non-hydrogen) atoms. The highest BCUT2D eigenvalue weighted by molar-refractivity contribution is 9.09. The molecule has 0 aromatic carbocycles. The Morgan fingerprint density at radius 2 is 2.22 bits per heavy atom. The summed E-state index contributed by atoms with van der Waals surface area (Å²) in [6.07, 6.45) is 8.37. The van der Waals surface area contributed by atoms with Crippen LogP contribution in [0.15, 0.2) is 17.2 Å². The number of rotatable bonds is 5. The predicted octanol–water partition coefficient (Wildman–Crippen LogP) is 2.41. The van der Waals surface area contributed by atoms with Crippen molar-refractivity contribution in [1.82, 2.24) is 9.55 Å². The van der Waals surface area contributed by atoms with E-state index < -0.39 is 0 Å². The second-order valence-corrected chi connectivity index (χ2v) is 5.46. The highest BCUT2D eigenvalue weighted by Crippen LogP contribution is 2.25. The first-order valence-corrected chi connectivity index (χ1v) is 7.78. The quantitative estimate of drug-likeness (QED) is 0.783. The van der Waals surface area contributed by atoms with Gasteiger partial charge in [-0.2, -0.15) is 0 Å². The van der Waals surface area contributed by atoms with Crippen molar-refractivity contribution in [2.24, 2.45) is 0 Å². The maximum atomic E-state index is 12.3. The summed E-state index contributed by atoms with van der Waals surface area (Å²) in [6, 6.07) is 0.482. The molecule has 2 rings (SSSR count). The van der Waals surface area contributed by atoms with Gasteiger partial charge in [0.15, 0.2) is 5.82 Å². The fourth-order valence-corrected chi connectivity index (χ4v) is 3.03. The van der Waals surface area contributed by atoms with Gasteiger partial charge in [0, 0.05) is 36.9 Å². The molecule has 5 heteroatoms. The zero-order chi connectivity index (χ0) is 13.0. The number of aryl methyl sites for hydroxylation is 1. The van der Waals surface area contributed by atoms with Crippen LogP contribution in [0.25, 0.3) is 0 Å². The van der Waals surface area contributed by atoms with Crippen LogP contribution in [0.4, 0.5) is 5.82 Å². The molecule has 0 aliphatic heterocycles. The van der Waals surface area contributed by atoms with E-state index in [9.17, 15) is 4.79 Å². The van der Waals surface area contributed by atoms with Crippen LogP contribution < -0.4 is 10.5 Å². The monoisotopic (exact) mass is 313 g/mol. The van der Waals surface area contributed by atoms with E-state index in [1.54, 1.807) is 17.0 Å². The lowest BCUT2D eigenvalue weighted by Crippen LogP contribution is -2.40. The number of anilines is 1. The van der Waals surface area contributed by atoms with Gasteiger partial charge in [-0.05, 0) is 19.8 Å². The first-order chi connectivity index (χ1) is 8.77. The molecule has 1 fully saturated rings. The summed E-state index contributed by atoms with van der Waals surface area (Å²) in [5.41, 5.74) is 0.0350. The Balaban J connectivity index is 2.32. The van der Waals surface area contributed by atoms with E-state index in [2.05, 4.69) is 25.8 Å². The second-order valence-electron chi connectivity index (χ2n) is 4.66. The molecule has 4 nitrogen and oxygen atoms in total. The third-order valence-corrected chi connectivity index (χ3v) is 3.95. The van der Waals surface area contributed by atoms with Gasteiger partial charge in [-0.15, -0.1) is 0 Å². The van der Waals surface area contributed by atoms with Crippen molar-refractivity contribution >= 4 is 21.7 Å². The maximum absolute atomic E-state index is 12.3. The van der Waals surface area contributed by atoms with Crippen LogP contribution in [-0.4, -0.2) is 27.5 Å². The van der Waals surface area contributed by atoms with Crippen LogP contribution in [0.3, 0.4) is 0 Å². The summed E-state index contributed by atoms with van der Waals surface area (Å²) in [5, 5.41) is 0.867. The summed E-state index contributed by atoms with van der Waals surface area (Å²) in [5.74, 6) is 0.616. The molecular formula is C13H20BrN3O. The summed E-state index contributed by atoms with van der Waals surface area (Å²) < 4.78 is 1.72. The van der Waals surface area contributed by atoms with Gasteiger partial charge < -0.3 is 9.47 Å². The van der Waals surface area contributed by atoms with E-state index in [4.69, 9.17) is 0 Å². The lowest BCUT2D eigenvalue weighted by molar-refractivity contribution is 0.603.